The molecule has 170 valence electrons. The molecule has 1 amide bonds. The van der Waals surface area contributed by atoms with Crippen molar-refractivity contribution in [3.05, 3.63) is 52.9 Å². The zero-order valence-corrected chi connectivity index (χ0v) is 18.7. The molecule has 7 nitrogen and oxygen atoms in total. The molecule has 0 aliphatic rings. The number of nitriles is 1. The lowest BCUT2D eigenvalue weighted by molar-refractivity contribution is -0.142. The van der Waals surface area contributed by atoms with Crippen molar-refractivity contribution < 1.29 is 27.8 Å². The molecule has 1 heterocycles. The van der Waals surface area contributed by atoms with Crippen LogP contribution in [0.3, 0.4) is 0 Å². The van der Waals surface area contributed by atoms with Crippen LogP contribution < -0.4 is 5.32 Å². The van der Waals surface area contributed by atoms with E-state index in [1.165, 1.54) is 18.2 Å². The van der Waals surface area contributed by atoms with Gasteiger partial charge in [-0.2, -0.15) is 14.0 Å². The Morgan fingerprint density at radius 2 is 2.03 bits per heavy atom. The molecule has 1 aromatic heterocycles. The van der Waals surface area contributed by atoms with E-state index in [9.17, 15) is 23.6 Å². The molecule has 0 saturated carbocycles. The second-order valence-corrected chi connectivity index (χ2v) is 7.67. The molecule has 0 spiro atoms. The summed E-state index contributed by atoms with van der Waals surface area (Å²) in [6.07, 6.45) is 1.40. The smallest absolute Gasteiger partial charge is 0.349 e. The molecule has 32 heavy (non-hydrogen) atoms. The van der Waals surface area contributed by atoms with E-state index >= 15 is 0 Å². The minimum Gasteiger partial charge on any atom is -0.451 e. The quantitative estimate of drug-likeness (QED) is 0.246. The predicted molar refractivity (Wildman–Crippen MR) is 117 cm³/mol. The number of aryl methyl sites for hydroxylation is 1. The third kappa shape index (κ3) is 6.93. The fourth-order valence-electron chi connectivity index (χ4n) is 2.96. The van der Waals surface area contributed by atoms with Gasteiger partial charge in [-0.25, -0.2) is 4.79 Å². The highest BCUT2D eigenvalue weighted by Crippen LogP contribution is 2.31. The first-order valence-electron chi connectivity index (χ1n) is 9.55. The number of methoxy groups -OCH3 is 1. The van der Waals surface area contributed by atoms with E-state index in [1.54, 1.807) is 25.3 Å². The van der Waals surface area contributed by atoms with Crippen LogP contribution in [0.25, 0.3) is 6.08 Å². The van der Waals surface area contributed by atoms with E-state index in [1.807, 2.05) is 24.5 Å². The van der Waals surface area contributed by atoms with Crippen molar-refractivity contribution in [2.45, 2.75) is 31.0 Å². The largest absolute Gasteiger partial charge is 0.451 e. The number of nitrogens with zero attached hydrogens (tertiary/aromatic N) is 2. The fourth-order valence-corrected chi connectivity index (χ4v) is 3.55. The van der Waals surface area contributed by atoms with Crippen LogP contribution in [0.15, 0.2) is 40.8 Å². The van der Waals surface area contributed by atoms with Crippen LogP contribution in [0, 0.1) is 25.2 Å². The van der Waals surface area contributed by atoms with Gasteiger partial charge in [-0.3, -0.25) is 4.79 Å². The maximum Gasteiger partial charge on any atom is 0.349 e. The first kappa shape index (κ1) is 25.1. The van der Waals surface area contributed by atoms with Crippen molar-refractivity contribution >= 4 is 35.4 Å². The summed E-state index contributed by atoms with van der Waals surface area (Å²) < 4.78 is 37.3. The maximum atomic E-state index is 12.7. The molecule has 0 unspecified atom stereocenters. The molecule has 0 saturated heterocycles. The highest BCUT2D eigenvalue weighted by Gasteiger charge is 2.17. The van der Waals surface area contributed by atoms with Crippen molar-refractivity contribution in [1.29, 1.82) is 5.26 Å². The Labute approximate surface area is 189 Å². The van der Waals surface area contributed by atoms with Crippen LogP contribution in [0.5, 0.6) is 0 Å². The van der Waals surface area contributed by atoms with Crippen LogP contribution in [-0.2, 0) is 25.6 Å². The van der Waals surface area contributed by atoms with Crippen molar-refractivity contribution in [2.75, 3.05) is 25.6 Å². The molecule has 1 aromatic carbocycles. The number of thioether (sulfide) groups is 1. The summed E-state index contributed by atoms with van der Waals surface area (Å²) in [4.78, 5) is 24.6. The second kappa shape index (κ2) is 12.0. The normalized spacial score (nSPS) is 11.3. The van der Waals surface area contributed by atoms with Gasteiger partial charge in [0.15, 0.2) is 6.61 Å². The van der Waals surface area contributed by atoms with Crippen molar-refractivity contribution in [1.82, 2.24) is 4.57 Å². The van der Waals surface area contributed by atoms with Crippen molar-refractivity contribution in [3.8, 4) is 6.07 Å². The van der Waals surface area contributed by atoms with Gasteiger partial charge in [0.05, 0.1) is 12.3 Å². The van der Waals surface area contributed by atoms with E-state index in [-0.39, 0.29) is 16.2 Å². The Kier molecular flexibility index (Phi) is 9.43. The summed E-state index contributed by atoms with van der Waals surface area (Å²) in [5, 5.41) is 11.8. The molecule has 2 aromatic rings. The number of benzene rings is 1. The Hall–Kier alpha value is -3.16. The summed E-state index contributed by atoms with van der Waals surface area (Å²) in [7, 11) is 1.60. The highest BCUT2D eigenvalue weighted by atomic mass is 32.2. The highest BCUT2D eigenvalue weighted by molar-refractivity contribution is 7.99. The van der Waals surface area contributed by atoms with Crippen LogP contribution in [-0.4, -0.2) is 42.5 Å². The predicted octanol–water partition coefficient (Wildman–Crippen LogP) is 4.15. The fraction of sp³-hybridized carbons (Fsp3) is 0.318. The first-order valence-corrected chi connectivity index (χ1v) is 10.4. The average Bonchev–Trinajstić information content (AvgIpc) is 3.02. The SMILES string of the molecule is COCCn1c(C)cc(C=C(C#N)C(=O)OCC(=O)Nc2ccccc2SC(F)F)c1C. The van der Waals surface area contributed by atoms with Gasteiger partial charge in [-0.15, -0.1) is 0 Å². The Morgan fingerprint density at radius 1 is 1.31 bits per heavy atom. The van der Waals surface area contributed by atoms with E-state index < -0.39 is 24.2 Å². The number of halogens is 2. The molecule has 0 aliphatic heterocycles. The lowest BCUT2D eigenvalue weighted by atomic mass is 10.1. The number of rotatable bonds is 10. The van der Waals surface area contributed by atoms with Gasteiger partial charge >= 0.3 is 5.97 Å². The number of para-hydroxylation sites is 1. The maximum absolute atomic E-state index is 12.7. The lowest BCUT2D eigenvalue weighted by Crippen LogP contribution is -2.21. The minimum absolute atomic E-state index is 0.179. The van der Waals surface area contributed by atoms with Gasteiger partial charge in [0.2, 0.25) is 0 Å². The summed E-state index contributed by atoms with van der Waals surface area (Å²) in [5.41, 5.74) is 2.38. The number of ether oxygens (including phenoxy) is 2. The molecular weight excluding hydrogens is 440 g/mol. The number of alkyl halides is 2. The monoisotopic (exact) mass is 463 g/mol. The van der Waals surface area contributed by atoms with Crippen molar-refractivity contribution in [2.24, 2.45) is 0 Å². The van der Waals surface area contributed by atoms with Gasteiger partial charge in [0.1, 0.15) is 11.6 Å². The number of aromatic nitrogens is 1. The Morgan fingerprint density at radius 3 is 2.69 bits per heavy atom. The van der Waals surface area contributed by atoms with E-state index in [2.05, 4.69) is 5.32 Å². The molecule has 0 aliphatic carbocycles. The average molecular weight is 464 g/mol. The number of esters is 1. The van der Waals surface area contributed by atoms with Crippen LogP contribution in [0.4, 0.5) is 14.5 Å². The number of carbonyl (C=O) groups excluding carboxylic acids is 2. The standard InChI is InChI=1S/C22H23F2N3O4S/c1-14-10-16(15(2)27(14)8-9-30-3)11-17(12-25)21(29)31-13-20(28)26-18-6-4-5-7-19(18)32-22(23)24/h4-7,10-11,22H,8-9,13H2,1-3H3,(H,26,28). The van der Waals surface area contributed by atoms with Crippen LogP contribution in [0.2, 0.25) is 0 Å². The van der Waals surface area contributed by atoms with Gasteiger partial charge in [-0.1, -0.05) is 23.9 Å². The molecule has 0 fully saturated rings. The molecule has 2 rings (SSSR count). The first-order chi connectivity index (χ1) is 15.3. The van der Waals surface area contributed by atoms with Crippen LogP contribution >= 0.6 is 11.8 Å². The zero-order chi connectivity index (χ0) is 23.7. The number of anilines is 1. The molecule has 0 radical (unpaired) electrons. The van der Waals surface area contributed by atoms with Gasteiger partial charge in [0.25, 0.3) is 11.7 Å². The van der Waals surface area contributed by atoms with E-state index in [4.69, 9.17) is 9.47 Å². The van der Waals surface area contributed by atoms with E-state index in [0.717, 1.165) is 11.4 Å². The number of carbonyl (C=O) groups is 2. The Balaban J connectivity index is 2.04. The van der Waals surface area contributed by atoms with E-state index in [0.29, 0.717) is 30.5 Å². The summed E-state index contributed by atoms with van der Waals surface area (Å²) in [6.45, 7) is 4.23. The lowest BCUT2D eigenvalue weighted by Gasteiger charge is -2.10. The summed E-state index contributed by atoms with van der Waals surface area (Å²) in [5.74, 6) is -4.32. The number of nitrogens with one attached hydrogen (secondary N) is 1. The molecule has 0 atom stereocenters. The minimum atomic E-state index is -2.65. The van der Waals surface area contributed by atoms with Gasteiger partial charge in [0, 0.05) is 29.9 Å². The third-order valence-corrected chi connectivity index (χ3v) is 5.27. The van der Waals surface area contributed by atoms with Crippen molar-refractivity contribution in [3.63, 3.8) is 0 Å². The second-order valence-electron chi connectivity index (χ2n) is 6.64. The number of hydrogen-bond donors (Lipinski definition) is 1. The molecule has 10 heteroatoms. The van der Waals surface area contributed by atoms with Gasteiger partial charge in [-0.05, 0) is 43.7 Å². The summed E-state index contributed by atoms with van der Waals surface area (Å²) in [6, 6.07) is 9.67. The molecule has 1 N–H and O–H groups in total. The number of hydrogen-bond acceptors (Lipinski definition) is 6. The molecule has 0 bridgehead atoms. The summed E-state index contributed by atoms with van der Waals surface area (Å²) >= 11 is 0.293. The molecular formula is C22H23F2N3O4S. The number of amides is 1. The zero-order valence-electron chi connectivity index (χ0n) is 17.9. The topological polar surface area (TPSA) is 93.3 Å². The van der Waals surface area contributed by atoms with Gasteiger partial charge < -0.3 is 19.4 Å². The van der Waals surface area contributed by atoms with Crippen LogP contribution in [0.1, 0.15) is 17.0 Å². The Bertz CT molecular complexity index is 1040. The third-order valence-electron chi connectivity index (χ3n) is 4.48.